The third-order valence-corrected chi connectivity index (χ3v) is 2.42. The number of unbranched alkanes of at least 4 members (excludes halogenated alkanes) is 1. The van der Waals surface area contributed by atoms with Gasteiger partial charge in [0.25, 0.3) is 10.2 Å². The molecule has 1 amide bonds. The Bertz CT molecular complexity index is 204. The normalized spacial score (nSPS) is 11.1. The van der Waals surface area contributed by atoms with Crippen molar-refractivity contribution in [1.82, 2.24) is 5.32 Å². The third kappa shape index (κ3) is 3.96. The average molecular weight is 226 g/mol. The van der Waals surface area contributed by atoms with Gasteiger partial charge in [0, 0.05) is 6.54 Å². The molecule has 5 heteroatoms. The summed E-state index contributed by atoms with van der Waals surface area (Å²) < 4.78 is -1.94. The molecule has 0 atom stereocenters. The Morgan fingerprint density at radius 1 is 1.38 bits per heavy atom. The monoisotopic (exact) mass is 225 g/mol. The molecule has 0 rings (SSSR count). The number of rotatable bonds is 5. The van der Waals surface area contributed by atoms with E-state index in [2.05, 4.69) is 5.32 Å². The molecule has 0 aliphatic rings. The van der Waals surface area contributed by atoms with Crippen LogP contribution in [0.5, 0.6) is 0 Å². The topological polar surface area (TPSA) is 46.2 Å². The molecule has 0 aromatic heterocycles. The Kier molecular flexibility index (Phi) is 5.33. The molecule has 3 nitrogen and oxygen atoms in total. The highest BCUT2D eigenvalue weighted by Gasteiger charge is 2.38. The van der Waals surface area contributed by atoms with E-state index >= 15 is 0 Å². The van der Waals surface area contributed by atoms with Crippen LogP contribution in [-0.2, 0) is 9.59 Å². The fourth-order valence-electron chi connectivity index (χ4n) is 0.650. The Morgan fingerprint density at radius 2 is 1.92 bits per heavy atom. The third-order valence-electron chi connectivity index (χ3n) is 1.54. The van der Waals surface area contributed by atoms with Gasteiger partial charge in [-0.3, -0.25) is 9.59 Å². The van der Waals surface area contributed by atoms with Gasteiger partial charge >= 0.3 is 0 Å². The summed E-state index contributed by atoms with van der Waals surface area (Å²) in [6.07, 6.45) is 1.80. The lowest BCUT2D eigenvalue weighted by molar-refractivity contribution is -0.128. The molecular formula is C8H13Cl2NO2. The van der Waals surface area contributed by atoms with Crippen molar-refractivity contribution in [3.05, 3.63) is 0 Å². The molecular weight excluding hydrogens is 213 g/mol. The molecule has 0 unspecified atom stereocenters. The van der Waals surface area contributed by atoms with E-state index in [0.29, 0.717) is 6.54 Å². The summed E-state index contributed by atoms with van der Waals surface area (Å²) in [4.78, 5) is 22.0. The molecule has 1 N–H and O–H groups in total. The predicted molar refractivity (Wildman–Crippen MR) is 53.0 cm³/mol. The van der Waals surface area contributed by atoms with Crippen molar-refractivity contribution in [2.45, 2.75) is 31.0 Å². The summed E-state index contributed by atoms with van der Waals surface area (Å²) >= 11 is 11.0. The van der Waals surface area contributed by atoms with Gasteiger partial charge in [0.15, 0.2) is 5.78 Å². The standard InChI is InChI=1S/C8H13Cl2NO2/c1-3-4-5-11-7(13)8(9,10)6(2)12/h3-5H2,1-2H3,(H,11,13). The largest absolute Gasteiger partial charge is 0.353 e. The fourth-order valence-corrected chi connectivity index (χ4v) is 0.783. The molecule has 0 heterocycles. The quantitative estimate of drug-likeness (QED) is 0.440. The smallest absolute Gasteiger partial charge is 0.264 e. The fraction of sp³-hybridized carbons (Fsp3) is 0.750. The highest BCUT2D eigenvalue weighted by molar-refractivity contribution is 6.67. The van der Waals surface area contributed by atoms with Crippen molar-refractivity contribution >= 4 is 34.9 Å². The van der Waals surface area contributed by atoms with Crippen molar-refractivity contribution in [1.29, 1.82) is 0 Å². The molecule has 0 saturated heterocycles. The van der Waals surface area contributed by atoms with E-state index in [0.717, 1.165) is 12.8 Å². The Hall–Kier alpha value is -0.280. The molecule has 0 spiro atoms. The first-order valence-electron chi connectivity index (χ1n) is 4.10. The van der Waals surface area contributed by atoms with E-state index in [1.54, 1.807) is 0 Å². The summed E-state index contributed by atoms with van der Waals surface area (Å²) in [5.74, 6) is -1.21. The van der Waals surface area contributed by atoms with Gasteiger partial charge in [0.1, 0.15) is 0 Å². The summed E-state index contributed by atoms with van der Waals surface area (Å²) in [7, 11) is 0. The minimum absolute atomic E-state index is 0.490. The molecule has 76 valence electrons. The highest BCUT2D eigenvalue weighted by atomic mass is 35.5. The van der Waals surface area contributed by atoms with Gasteiger partial charge in [0.05, 0.1) is 0 Å². The molecule has 0 radical (unpaired) electrons. The van der Waals surface area contributed by atoms with Crippen molar-refractivity contribution in [2.24, 2.45) is 0 Å². The van der Waals surface area contributed by atoms with Crippen molar-refractivity contribution in [3.8, 4) is 0 Å². The maximum absolute atomic E-state index is 11.2. The van der Waals surface area contributed by atoms with Crippen molar-refractivity contribution < 1.29 is 9.59 Å². The van der Waals surface area contributed by atoms with Crippen LogP contribution in [0, 0.1) is 0 Å². The first kappa shape index (κ1) is 12.7. The van der Waals surface area contributed by atoms with Gasteiger partial charge in [-0.2, -0.15) is 0 Å². The minimum atomic E-state index is -1.94. The number of nitrogens with one attached hydrogen (secondary N) is 1. The van der Waals surface area contributed by atoms with Crippen LogP contribution in [0.2, 0.25) is 0 Å². The maximum Gasteiger partial charge on any atom is 0.264 e. The molecule has 0 aromatic carbocycles. The molecule has 0 aliphatic carbocycles. The summed E-state index contributed by atoms with van der Waals surface area (Å²) in [5.41, 5.74) is 0. The van der Waals surface area contributed by atoms with Crippen LogP contribution in [-0.4, -0.2) is 22.6 Å². The SMILES string of the molecule is CCCCNC(=O)C(Cl)(Cl)C(C)=O. The van der Waals surface area contributed by atoms with E-state index in [9.17, 15) is 9.59 Å². The van der Waals surface area contributed by atoms with Crippen LogP contribution in [0.4, 0.5) is 0 Å². The van der Waals surface area contributed by atoms with Gasteiger partial charge in [-0.15, -0.1) is 0 Å². The molecule has 0 saturated carbocycles. The molecule has 0 fully saturated rings. The lowest BCUT2D eigenvalue weighted by Crippen LogP contribution is -2.43. The van der Waals surface area contributed by atoms with E-state index in [4.69, 9.17) is 23.2 Å². The van der Waals surface area contributed by atoms with Crippen LogP contribution in [0.3, 0.4) is 0 Å². The van der Waals surface area contributed by atoms with Gasteiger partial charge in [-0.25, -0.2) is 0 Å². The summed E-state index contributed by atoms with van der Waals surface area (Å²) in [5, 5.41) is 2.48. The zero-order chi connectivity index (χ0) is 10.5. The molecule has 0 aliphatic heterocycles. The highest BCUT2D eigenvalue weighted by Crippen LogP contribution is 2.21. The predicted octanol–water partition coefficient (Wildman–Crippen LogP) is 1.67. The number of Topliss-reactive ketones (excluding diaryl/α,β-unsaturated/α-hetero) is 1. The molecule has 0 aromatic rings. The van der Waals surface area contributed by atoms with E-state index in [-0.39, 0.29) is 0 Å². The van der Waals surface area contributed by atoms with Crippen LogP contribution in [0.25, 0.3) is 0 Å². The van der Waals surface area contributed by atoms with Crippen molar-refractivity contribution in [2.75, 3.05) is 6.54 Å². The number of hydrogen-bond donors (Lipinski definition) is 1. The molecule has 0 bridgehead atoms. The Balaban J connectivity index is 4.03. The number of amides is 1. The van der Waals surface area contributed by atoms with E-state index < -0.39 is 16.0 Å². The number of halogens is 2. The average Bonchev–Trinajstić information content (AvgIpc) is 2.04. The lowest BCUT2D eigenvalue weighted by Gasteiger charge is -2.14. The van der Waals surface area contributed by atoms with Crippen LogP contribution in [0.15, 0.2) is 0 Å². The number of ketones is 1. The van der Waals surface area contributed by atoms with Gasteiger partial charge in [-0.05, 0) is 13.3 Å². The Morgan fingerprint density at radius 3 is 2.31 bits per heavy atom. The van der Waals surface area contributed by atoms with E-state index in [1.807, 2.05) is 6.92 Å². The zero-order valence-electron chi connectivity index (χ0n) is 7.69. The first-order chi connectivity index (χ1) is 5.92. The second kappa shape index (κ2) is 5.45. The van der Waals surface area contributed by atoms with Gasteiger partial charge < -0.3 is 5.32 Å². The second-order valence-electron chi connectivity index (χ2n) is 2.74. The van der Waals surface area contributed by atoms with Crippen LogP contribution >= 0.6 is 23.2 Å². The summed E-state index contributed by atoms with van der Waals surface area (Å²) in [6, 6.07) is 0. The number of alkyl halides is 2. The van der Waals surface area contributed by atoms with Gasteiger partial charge in [0.2, 0.25) is 0 Å². The van der Waals surface area contributed by atoms with Gasteiger partial charge in [-0.1, -0.05) is 36.5 Å². The number of carbonyl (C=O) groups excluding carboxylic acids is 2. The van der Waals surface area contributed by atoms with Crippen LogP contribution < -0.4 is 5.32 Å². The minimum Gasteiger partial charge on any atom is -0.353 e. The number of hydrogen-bond acceptors (Lipinski definition) is 2. The number of carbonyl (C=O) groups is 2. The maximum atomic E-state index is 11.2. The second-order valence-corrected chi connectivity index (χ2v) is 4.07. The first-order valence-corrected chi connectivity index (χ1v) is 4.85. The summed E-state index contributed by atoms with van der Waals surface area (Å²) in [6.45, 7) is 3.66. The van der Waals surface area contributed by atoms with Crippen LogP contribution in [0.1, 0.15) is 26.7 Å². The lowest BCUT2D eigenvalue weighted by atomic mass is 10.2. The zero-order valence-corrected chi connectivity index (χ0v) is 9.21. The van der Waals surface area contributed by atoms with E-state index in [1.165, 1.54) is 6.92 Å². The molecule has 13 heavy (non-hydrogen) atoms. The van der Waals surface area contributed by atoms with Crippen molar-refractivity contribution in [3.63, 3.8) is 0 Å². The Labute approximate surface area is 87.8 Å².